The number of halogens is 3. The molecular formula is C57H81BrF2K2N6O10. The Labute approximate surface area is 554 Å². The molecule has 21 heteroatoms. The molecule has 0 spiro atoms. The van der Waals surface area contributed by atoms with Crippen LogP contribution in [0.1, 0.15) is 155 Å². The van der Waals surface area contributed by atoms with Crippen LogP contribution in [-0.4, -0.2) is 116 Å². The Morgan fingerprint density at radius 2 is 1.29 bits per heavy atom. The second-order valence-electron chi connectivity index (χ2n) is 24.8. The van der Waals surface area contributed by atoms with E-state index in [2.05, 4.69) is 56.0 Å². The standard InChI is InChI=1S/C26H36FN3O3.C22H34BrFO3.C5H8O4.C4H3N3.2K.H/c1-24-8-7-21-19(4-3-18-11-25(32,16-33-2)9-10-26(18,21)27)20(24)5-6-22(24)23(31)15-30-14-17(12-28)13-29-30;1-20-8-7-17-15(16(20)5-6-18(20)19(25)12-23)4-3-14-11-21(26,13-27-2)9-10-22(14,17)24;6-5(9-7)4-2-1-3-8-4;5-1-4-2-6-7-3-4;;;/h13-14,18-22,32H,3-11,15-16H2,1-2H3;14-18,26H,3-13H2,1-2H3;4,7H,1-3H2;2-3H,(H,6,7);;;/q;;;;2*+1;-1/p-1/t18-,19+,20+,21+,22-,24+,25-,26-;14-,15+,16+,17+,18-,20+,21-,22-;;;;;/m11...../s1. The Bertz CT molecular complexity index is 2440. The fraction of sp³-hybridized carbons (Fsp3) is 0.807. The van der Waals surface area contributed by atoms with Gasteiger partial charge in [-0.05, 0) is 187 Å². The number of ketones is 2. The monoisotopic (exact) mass is 1200 g/mol. The number of hydrogen-bond acceptors (Lipinski definition) is 14. The summed E-state index contributed by atoms with van der Waals surface area (Å²) < 4.78 is 49.9. The van der Waals surface area contributed by atoms with Crippen LogP contribution in [0.4, 0.5) is 8.78 Å². The molecule has 9 aliphatic rings. The smallest absolute Gasteiger partial charge is 1.00 e. The van der Waals surface area contributed by atoms with Crippen molar-refractivity contribution < 1.29 is 162 Å². The maximum Gasteiger partial charge on any atom is 1.00 e. The maximum atomic E-state index is 16.6. The average molecular weight is 1210 g/mol. The first-order valence-corrected chi connectivity index (χ1v) is 29.1. The van der Waals surface area contributed by atoms with E-state index in [9.17, 15) is 29.9 Å². The number of nitrogens with one attached hydrogen (secondary N) is 1. The zero-order valence-electron chi connectivity index (χ0n) is 47.9. The quantitative estimate of drug-likeness (QED) is 0.134. The number of ether oxygens (including phenoxy) is 3. The van der Waals surface area contributed by atoms with Crippen LogP contribution in [0.15, 0.2) is 24.8 Å². The number of alkyl halides is 3. The molecule has 17 atom stereocenters. The van der Waals surface area contributed by atoms with Gasteiger partial charge in [-0.3, -0.25) is 19.4 Å². The molecule has 1 saturated heterocycles. The predicted octanol–water partition coefficient (Wildman–Crippen LogP) is 2.14. The van der Waals surface area contributed by atoms with Crippen LogP contribution in [0.3, 0.4) is 0 Å². The van der Waals surface area contributed by atoms with Gasteiger partial charge >= 0.3 is 109 Å². The van der Waals surface area contributed by atoms with Crippen molar-refractivity contribution in [2.45, 2.75) is 177 Å². The van der Waals surface area contributed by atoms with E-state index in [1.807, 2.05) is 6.07 Å². The van der Waals surface area contributed by atoms with Crippen LogP contribution in [0.5, 0.6) is 0 Å². The molecule has 3 heterocycles. The summed E-state index contributed by atoms with van der Waals surface area (Å²) in [6.45, 7) is 5.93. The van der Waals surface area contributed by atoms with E-state index in [1.165, 1.54) is 12.4 Å². The van der Waals surface area contributed by atoms with Gasteiger partial charge in [0.1, 0.15) is 29.3 Å². The number of nitrogens with zero attached hydrogens (tertiary/aromatic N) is 5. The molecule has 0 bridgehead atoms. The zero-order valence-corrected chi connectivity index (χ0v) is 54.7. The molecule has 1 unspecified atom stereocenters. The van der Waals surface area contributed by atoms with E-state index in [0.29, 0.717) is 104 Å². The second kappa shape index (κ2) is 28.2. The van der Waals surface area contributed by atoms with Gasteiger partial charge in [0, 0.05) is 45.1 Å². The first-order chi connectivity index (χ1) is 36.3. The molecule has 9 fully saturated rings. The normalized spacial score (nSPS) is 40.5. The van der Waals surface area contributed by atoms with Crippen molar-refractivity contribution >= 4 is 33.5 Å². The number of nitriles is 2. The van der Waals surface area contributed by atoms with Gasteiger partial charge < -0.3 is 36.0 Å². The van der Waals surface area contributed by atoms with Crippen LogP contribution in [0.25, 0.3) is 0 Å². The van der Waals surface area contributed by atoms with E-state index in [4.69, 9.17) is 24.7 Å². The van der Waals surface area contributed by atoms with Gasteiger partial charge in [0.2, 0.25) is 0 Å². The van der Waals surface area contributed by atoms with E-state index in [1.54, 1.807) is 31.3 Å². The minimum absolute atomic E-state index is 0. The number of fused-ring (bicyclic) bond motifs is 10. The fourth-order valence-corrected chi connectivity index (χ4v) is 18.0. The Morgan fingerprint density at radius 3 is 1.71 bits per heavy atom. The van der Waals surface area contributed by atoms with Crippen molar-refractivity contribution in [1.29, 1.82) is 10.5 Å². The number of methoxy groups -OCH3 is 2. The van der Waals surface area contributed by atoms with Gasteiger partial charge in [-0.15, -0.1) is 0 Å². The molecule has 8 aliphatic carbocycles. The summed E-state index contributed by atoms with van der Waals surface area (Å²) in [7, 11) is 3.21. The largest absolute Gasteiger partial charge is 1.00 e. The van der Waals surface area contributed by atoms with Crippen molar-refractivity contribution in [1.82, 2.24) is 20.0 Å². The molecule has 1 aliphatic heterocycles. The van der Waals surface area contributed by atoms with Crippen LogP contribution in [0.2, 0.25) is 0 Å². The molecule has 78 heavy (non-hydrogen) atoms. The molecule has 422 valence electrons. The number of hydrogen-bond donors (Lipinski definition) is 3. The van der Waals surface area contributed by atoms with Gasteiger partial charge in [0.05, 0.1) is 59.8 Å². The molecule has 3 N–H and O–H groups in total. The van der Waals surface area contributed by atoms with Crippen molar-refractivity contribution in [3.63, 3.8) is 0 Å². The summed E-state index contributed by atoms with van der Waals surface area (Å²) >= 11 is 3.37. The molecule has 8 saturated carbocycles. The molecule has 11 rings (SSSR count). The number of H-pyrrole nitrogens is 1. The third-order valence-electron chi connectivity index (χ3n) is 21.1. The second-order valence-corrected chi connectivity index (χ2v) is 25.4. The Kier molecular flexibility index (Phi) is 24.1. The average Bonchev–Trinajstić information content (AvgIpc) is 4.49. The molecule has 0 amide bonds. The summed E-state index contributed by atoms with van der Waals surface area (Å²) in [4.78, 5) is 39.4. The zero-order chi connectivity index (χ0) is 54.7. The van der Waals surface area contributed by atoms with E-state index < -0.39 is 34.6 Å². The summed E-state index contributed by atoms with van der Waals surface area (Å²) in [5.41, 5.74) is -3.08. The molecule has 2 aromatic rings. The summed E-state index contributed by atoms with van der Waals surface area (Å²) in [6, 6.07) is 3.97. The predicted molar refractivity (Wildman–Crippen MR) is 276 cm³/mol. The Morgan fingerprint density at radius 1 is 0.769 bits per heavy atom. The van der Waals surface area contributed by atoms with Crippen molar-refractivity contribution in [3.8, 4) is 12.1 Å². The van der Waals surface area contributed by atoms with Gasteiger partial charge in [0.25, 0.3) is 0 Å². The summed E-state index contributed by atoms with van der Waals surface area (Å²) in [6.07, 6.45) is 21.1. The van der Waals surface area contributed by atoms with Crippen LogP contribution in [-0.2, 0) is 40.0 Å². The third-order valence-corrected chi connectivity index (χ3v) is 21.6. The molecular weight excluding hydrogens is 1120 g/mol. The van der Waals surface area contributed by atoms with Crippen molar-refractivity contribution in [2.24, 2.45) is 70.0 Å². The van der Waals surface area contributed by atoms with Crippen molar-refractivity contribution in [3.05, 3.63) is 35.9 Å². The van der Waals surface area contributed by atoms with E-state index in [0.717, 1.165) is 83.5 Å². The van der Waals surface area contributed by atoms with Gasteiger partial charge in [-0.2, -0.15) is 20.7 Å². The SMILES string of the molecule is COC[C@@]1(O)CC[C@@]2(F)[C@H](CC[C@H]3[C@@H]4CC[C@H](C(=O)CBr)[C@@]4(C)CC[C@@H]32)C1.COC[C@@]1(O)CC[C@@]2(F)[C@H](CC[C@H]3[C@@H]4CC[C@H](C(=O)Cn5cc(C#N)cn5)[C@@]4(C)CC[C@@H]32)C1.N#Cc1cn[nH]c1.O=C(O[O-])C1CCCO1.[H-].[K+].[K+]. The number of carbonyl (C=O) groups is 3. The first kappa shape index (κ1) is 66.7. The topological polar surface area (TPSA) is 246 Å². The summed E-state index contributed by atoms with van der Waals surface area (Å²) in [5.74, 6) is 1.47. The van der Waals surface area contributed by atoms with Gasteiger partial charge in [-0.1, -0.05) is 29.8 Å². The van der Waals surface area contributed by atoms with Gasteiger partial charge in [-0.25, -0.2) is 13.6 Å². The molecule has 2 aromatic heterocycles. The fourth-order valence-electron chi connectivity index (χ4n) is 17.6. The van der Waals surface area contributed by atoms with Crippen LogP contribution >= 0.6 is 15.9 Å². The number of aliphatic hydroxyl groups is 2. The van der Waals surface area contributed by atoms with E-state index >= 15 is 8.78 Å². The van der Waals surface area contributed by atoms with Crippen LogP contribution in [0, 0.1) is 92.7 Å². The number of aromatic nitrogens is 4. The number of Topliss-reactive ketones (excluding diaryl/α,β-unsaturated/α-hetero) is 2. The minimum atomic E-state index is -1.20. The molecule has 16 nitrogen and oxygen atoms in total. The maximum absolute atomic E-state index is 16.6. The van der Waals surface area contributed by atoms with E-state index in [-0.39, 0.29) is 169 Å². The number of rotatable bonds is 10. The Balaban J connectivity index is 0.000000222. The Hall–Kier alpha value is -0.417. The number of carbonyl (C=O) groups excluding carboxylic acids is 3. The van der Waals surface area contributed by atoms with Gasteiger partial charge in [0.15, 0.2) is 11.9 Å². The third kappa shape index (κ3) is 13.8. The molecule has 0 aromatic carbocycles. The first-order valence-electron chi connectivity index (χ1n) is 28.0. The molecule has 0 radical (unpaired) electrons. The summed E-state index contributed by atoms with van der Waals surface area (Å²) in [5, 5.41) is 59.0. The number of aromatic amines is 1. The van der Waals surface area contributed by atoms with Crippen molar-refractivity contribution in [2.75, 3.05) is 39.4 Å². The van der Waals surface area contributed by atoms with Crippen LogP contribution < -0.4 is 108 Å². The minimum Gasteiger partial charge on any atom is -1.00 e.